The van der Waals surface area contributed by atoms with Gasteiger partial charge < -0.3 is 15.0 Å². The van der Waals surface area contributed by atoms with Gasteiger partial charge in [0.2, 0.25) is 0 Å². The first kappa shape index (κ1) is 24.7. The third kappa shape index (κ3) is 5.98. The lowest BCUT2D eigenvalue weighted by Gasteiger charge is -2.39. The van der Waals surface area contributed by atoms with Crippen LogP contribution >= 0.6 is 0 Å². The minimum Gasteiger partial charge on any atom is -0.446 e. The van der Waals surface area contributed by atoms with Crippen LogP contribution in [-0.4, -0.2) is 58.6 Å². The smallest absolute Gasteiger partial charge is 0.410 e. The lowest BCUT2D eigenvalue weighted by Crippen LogP contribution is -2.54. The molecule has 0 radical (unpaired) electrons. The van der Waals surface area contributed by atoms with Crippen LogP contribution in [0.5, 0.6) is 0 Å². The molecule has 1 aliphatic carbocycles. The Hall–Kier alpha value is -3.44. The van der Waals surface area contributed by atoms with Gasteiger partial charge in [-0.3, -0.25) is 14.7 Å². The maximum absolute atomic E-state index is 12.8. The molecule has 0 bridgehead atoms. The van der Waals surface area contributed by atoms with Crippen molar-refractivity contribution in [3.8, 4) is 6.07 Å². The number of nitrogens with one attached hydrogen (secondary N) is 1. The molecule has 0 spiro atoms. The predicted octanol–water partition coefficient (Wildman–Crippen LogP) is 4.41. The quantitative estimate of drug-likeness (QED) is 0.688. The maximum Gasteiger partial charge on any atom is 0.410 e. The highest BCUT2D eigenvalue weighted by atomic mass is 16.6. The molecule has 2 heterocycles. The number of nitriles is 1. The zero-order chi connectivity index (χ0) is 24.9. The molecule has 35 heavy (non-hydrogen) atoms. The van der Waals surface area contributed by atoms with Gasteiger partial charge in [0.25, 0.3) is 5.91 Å². The summed E-state index contributed by atoms with van der Waals surface area (Å²) in [5.74, 6) is -0.260. The molecule has 0 unspecified atom stereocenters. The van der Waals surface area contributed by atoms with Gasteiger partial charge in [0.15, 0.2) is 0 Å². The summed E-state index contributed by atoms with van der Waals surface area (Å²) >= 11 is 0. The highest BCUT2D eigenvalue weighted by Gasteiger charge is 2.31. The molecule has 8 heteroatoms. The summed E-state index contributed by atoms with van der Waals surface area (Å²) in [5.41, 5.74) is 4.33. The predicted molar refractivity (Wildman–Crippen MR) is 133 cm³/mol. The fraction of sp³-hybridized carbons (Fsp3) is 0.481. The third-order valence-corrected chi connectivity index (χ3v) is 6.98. The molecule has 184 valence electrons. The van der Waals surface area contributed by atoms with Crippen LogP contribution in [0.25, 0.3) is 0 Å². The summed E-state index contributed by atoms with van der Waals surface area (Å²) in [7, 11) is 0. The molecule has 4 rings (SSSR count). The van der Waals surface area contributed by atoms with Gasteiger partial charge in [0.05, 0.1) is 17.2 Å². The van der Waals surface area contributed by atoms with E-state index in [1.807, 2.05) is 31.7 Å². The zero-order valence-electron chi connectivity index (χ0n) is 20.7. The molecule has 2 aliphatic rings. The van der Waals surface area contributed by atoms with Crippen LogP contribution in [0.4, 0.5) is 10.5 Å². The third-order valence-electron chi connectivity index (χ3n) is 6.98. The van der Waals surface area contributed by atoms with Crippen LogP contribution in [0.1, 0.15) is 65.3 Å². The van der Waals surface area contributed by atoms with E-state index in [2.05, 4.69) is 21.3 Å². The molecule has 1 aliphatic heterocycles. The van der Waals surface area contributed by atoms with Crippen molar-refractivity contribution in [1.29, 1.82) is 5.26 Å². The monoisotopic (exact) mass is 475 g/mol. The Morgan fingerprint density at radius 3 is 2.63 bits per heavy atom. The average molecular weight is 476 g/mol. The molecule has 1 saturated heterocycles. The van der Waals surface area contributed by atoms with Crippen LogP contribution in [0.15, 0.2) is 30.5 Å². The van der Waals surface area contributed by atoms with Gasteiger partial charge in [-0.15, -0.1) is 0 Å². The van der Waals surface area contributed by atoms with Gasteiger partial charge in [-0.1, -0.05) is 0 Å². The summed E-state index contributed by atoms with van der Waals surface area (Å²) < 4.78 is 5.71. The molecule has 1 aromatic carbocycles. The largest absolute Gasteiger partial charge is 0.446 e. The number of pyridine rings is 1. The Bertz CT molecular complexity index is 1120. The number of hydrogen-bond acceptors (Lipinski definition) is 6. The van der Waals surface area contributed by atoms with Gasteiger partial charge in [0.1, 0.15) is 6.10 Å². The number of nitrogens with zero attached hydrogens (tertiary/aromatic N) is 4. The Morgan fingerprint density at radius 2 is 1.97 bits per heavy atom. The number of rotatable bonds is 5. The molecular formula is C27H33N5O3. The Kier molecular flexibility index (Phi) is 7.67. The lowest BCUT2D eigenvalue weighted by molar-refractivity contribution is 0.0281. The van der Waals surface area contributed by atoms with E-state index in [9.17, 15) is 14.9 Å². The zero-order valence-corrected chi connectivity index (χ0v) is 20.7. The summed E-state index contributed by atoms with van der Waals surface area (Å²) in [6.45, 7) is 8.54. The highest BCUT2D eigenvalue weighted by molar-refractivity contribution is 6.04. The van der Waals surface area contributed by atoms with Crippen molar-refractivity contribution in [2.45, 2.75) is 65.1 Å². The first-order chi connectivity index (χ1) is 16.8. The summed E-state index contributed by atoms with van der Waals surface area (Å²) in [6, 6.07) is 9.36. The van der Waals surface area contributed by atoms with Crippen LogP contribution in [0.2, 0.25) is 0 Å². The second-order valence-corrected chi connectivity index (χ2v) is 9.63. The number of aromatic nitrogens is 1. The molecule has 1 N–H and O–H groups in total. The van der Waals surface area contributed by atoms with Crippen molar-refractivity contribution in [3.63, 3.8) is 0 Å². The first-order valence-corrected chi connectivity index (χ1v) is 12.3. The van der Waals surface area contributed by atoms with Crippen molar-refractivity contribution < 1.29 is 14.3 Å². The minimum atomic E-state index is -0.260. The van der Waals surface area contributed by atoms with Crippen LogP contribution in [0.3, 0.4) is 0 Å². The van der Waals surface area contributed by atoms with Crippen LogP contribution < -0.4 is 5.32 Å². The highest BCUT2D eigenvalue weighted by Crippen LogP contribution is 2.26. The van der Waals surface area contributed by atoms with E-state index in [0.717, 1.165) is 49.0 Å². The molecule has 1 atom stereocenters. The van der Waals surface area contributed by atoms with E-state index < -0.39 is 0 Å². The number of piperazine rings is 1. The molecule has 2 amide bonds. The number of benzene rings is 1. The van der Waals surface area contributed by atoms with Gasteiger partial charge in [-0.2, -0.15) is 5.26 Å². The second kappa shape index (κ2) is 10.9. The summed E-state index contributed by atoms with van der Waals surface area (Å²) in [4.78, 5) is 33.7. The van der Waals surface area contributed by atoms with E-state index >= 15 is 0 Å². The van der Waals surface area contributed by atoms with Crippen molar-refractivity contribution in [1.82, 2.24) is 14.8 Å². The van der Waals surface area contributed by atoms with Gasteiger partial charge in [0, 0.05) is 49.8 Å². The topological polar surface area (TPSA) is 98.6 Å². The summed E-state index contributed by atoms with van der Waals surface area (Å²) in [5, 5.41) is 12.5. The van der Waals surface area contributed by atoms with Crippen molar-refractivity contribution in [2.75, 3.05) is 25.0 Å². The van der Waals surface area contributed by atoms with Crippen molar-refractivity contribution in [2.24, 2.45) is 0 Å². The standard InChI is InChI=1S/C27H33N5O3/c1-18-8-9-22(15-29-18)26(33)30-25-13-21(14-28)12-23(20(25)3)17-31-10-11-32(19(2)16-31)27(34)35-24-6-4-5-7-24/h8-9,12-13,15,19,24H,4-7,10-11,16-17H2,1-3H3,(H,30,33)/t19-/m0/s1. The van der Waals surface area contributed by atoms with E-state index in [1.165, 1.54) is 0 Å². The lowest BCUT2D eigenvalue weighted by atomic mass is 10.0. The van der Waals surface area contributed by atoms with Gasteiger partial charge >= 0.3 is 6.09 Å². The van der Waals surface area contributed by atoms with Crippen molar-refractivity contribution in [3.05, 3.63) is 58.4 Å². The first-order valence-electron chi connectivity index (χ1n) is 12.3. The second-order valence-electron chi connectivity index (χ2n) is 9.63. The normalized spacial score (nSPS) is 18.8. The number of amides is 2. The number of anilines is 1. The number of hydrogen-bond donors (Lipinski definition) is 1. The summed E-state index contributed by atoms with van der Waals surface area (Å²) in [6.07, 6.45) is 5.60. The Labute approximate surface area is 206 Å². The van der Waals surface area contributed by atoms with Gasteiger partial charge in [-0.25, -0.2) is 4.79 Å². The van der Waals surface area contributed by atoms with Gasteiger partial charge in [-0.05, 0) is 81.8 Å². The minimum absolute atomic E-state index is 0.0327. The van der Waals surface area contributed by atoms with E-state index in [0.29, 0.717) is 36.4 Å². The number of carbonyl (C=O) groups excluding carboxylic acids is 2. The molecule has 8 nitrogen and oxygen atoms in total. The van der Waals surface area contributed by atoms with E-state index in [4.69, 9.17) is 4.74 Å². The molecule has 1 aromatic heterocycles. The molecular weight excluding hydrogens is 442 g/mol. The van der Waals surface area contributed by atoms with Crippen LogP contribution in [-0.2, 0) is 11.3 Å². The Morgan fingerprint density at radius 1 is 1.20 bits per heavy atom. The number of aryl methyl sites for hydroxylation is 1. The van der Waals surface area contributed by atoms with E-state index in [-0.39, 0.29) is 24.1 Å². The number of carbonyl (C=O) groups is 2. The van der Waals surface area contributed by atoms with E-state index in [1.54, 1.807) is 24.4 Å². The fourth-order valence-corrected chi connectivity index (χ4v) is 4.83. The average Bonchev–Trinajstić information content (AvgIpc) is 3.35. The molecule has 2 aromatic rings. The van der Waals surface area contributed by atoms with Crippen molar-refractivity contribution >= 4 is 17.7 Å². The SMILES string of the molecule is Cc1ccc(C(=O)Nc2cc(C#N)cc(CN3CCN(C(=O)OC4CCCC4)[C@@H](C)C3)c2C)cn1. The maximum atomic E-state index is 12.8. The fourth-order valence-electron chi connectivity index (χ4n) is 4.83. The van der Waals surface area contributed by atoms with Crippen LogP contribution in [0, 0.1) is 25.2 Å². The molecule has 1 saturated carbocycles. The Balaban J connectivity index is 1.42. The number of ether oxygens (including phenoxy) is 1. The molecule has 2 fully saturated rings.